The topological polar surface area (TPSA) is 50.7 Å². The molecule has 0 radical (unpaired) electrons. The maximum atomic E-state index is 4.38. The molecule has 0 fully saturated rings. The van der Waals surface area contributed by atoms with Gasteiger partial charge in [-0.1, -0.05) is 6.07 Å². The highest BCUT2D eigenvalue weighted by molar-refractivity contribution is 5.14. The second-order valence-electron chi connectivity index (χ2n) is 4.39. The Hall–Kier alpha value is -1.81. The van der Waals surface area contributed by atoms with E-state index in [2.05, 4.69) is 34.1 Å². The Morgan fingerprint density at radius 2 is 1.72 bits per heavy atom. The zero-order chi connectivity index (χ0) is 13.0. The molecule has 2 aromatic heterocycles. The summed E-state index contributed by atoms with van der Waals surface area (Å²) in [5.74, 6) is 0. The third-order valence-corrected chi connectivity index (χ3v) is 2.96. The molecule has 0 spiro atoms. The number of aryl methyl sites for hydroxylation is 1. The van der Waals surface area contributed by atoms with Crippen molar-refractivity contribution < 1.29 is 0 Å². The van der Waals surface area contributed by atoms with Gasteiger partial charge in [0.2, 0.25) is 0 Å². The van der Waals surface area contributed by atoms with Crippen molar-refractivity contribution in [2.45, 2.75) is 32.9 Å². The second kappa shape index (κ2) is 5.69. The summed E-state index contributed by atoms with van der Waals surface area (Å²) in [6, 6.07) is 6.28. The van der Waals surface area contributed by atoms with Gasteiger partial charge in [-0.3, -0.25) is 15.0 Å². The van der Waals surface area contributed by atoms with E-state index in [0.717, 1.165) is 17.1 Å². The summed E-state index contributed by atoms with van der Waals surface area (Å²) in [5.41, 5.74) is 2.98. The number of rotatable bonds is 4. The first kappa shape index (κ1) is 12.6. The lowest BCUT2D eigenvalue weighted by atomic mass is 10.1. The summed E-state index contributed by atoms with van der Waals surface area (Å²) in [6.07, 6.45) is 5.26. The first-order valence-electron chi connectivity index (χ1n) is 6.13. The molecule has 2 unspecified atom stereocenters. The molecule has 0 saturated carbocycles. The van der Waals surface area contributed by atoms with Gasteiger partial charge in [0.15, 0.2) is 0 Å². The molecule has 0 aliphatic rings. The molecule has 0 saturated heterocycles. The van der Waals surface area contributed by atoms with Crippen molar-refractivity contribution in [2.75, 3.05) is 0 Å². The van der Waals surface area contributed by atoms with Crippen LogP contribution < -0.4 is 5.32 Å². The fourth-order valence-electron chi connectivity index (χ4n) is 2.01. The van der Waals surface area contributed by atoms with Crippen LogP contribution in [0.3, 0.4) is 0 Å². The number of hydrogen-bond acceptors (Lipinski definition) is 4. The van der Waals surface area contributed by atoms with Gasteiger partial charge in [0.1, 0.15) is 0 Å². The van der Waals surface area contributed by atoms with Crippen molar-refractivity contribution in [3.8, 4) is 0 Å². The standard InChI is InChI=1S/C14H18N4/c1-10(13-6-4-5-7-16-13)18-12(3)14-11(2)15-8-9-17-14/h4-10,12,18H,1-3H3. The highest BCUT2D eigenvalue weighted by atomic mass is 15.0. The SMILES string of the molecule is Cc1nccnc1C(C)NC(C)c1ccccn1. The Morgan fingerprint density at radius 3 is 2.39 bits per heavy atom. The van der Waals surface area contributed by atoms with Gasteiger partial charge in [-0.15, -0.1) is 0 Å². The molecule has 2 rings (SSSR count). The van der Waals surface area contributed by atoms with Crippen molar-refractivity contribution in [2.24, 2.45) is 0 Å². The molecule has 1 N–H and O–H groups in total. The third-order valence-electron chi connectivity index (χ3n) is 2.96. The van der Waals surface area contributed by atoms with Crippen molar-refractivity contribution in [3.63, 3.8) is 0 Å². The van der Waals surface area contributed by atoms with E-state index in [1.54, 1.807) is 12.4 Å². The Kier molecular flexibility index (Phi) is 3.99. The van der Waals surface area contributed by atoms with Gasteiger partial charge in [0, 0.05) is 30.7 Å². The molecular weight excluding hydrogens is 224 g/mol. The van der Waals surface area contributed by atoms with Crippen LogP contribution in [-0.4, -0.2) is 15.0 Å². The molecule has 4 nitrogen and oxygen atoms in total. The monoisotopic (exact) mass is 242 g/mol. The first-order chi connectivity index (χ1) is 8.68. The predicted molar refractivity (Wildman–Crippen MR) is 71.0 cm³/mol. The van der Waals surface area contributed by atoms with Gasteiger partial charge >= 0.3 is 0 Å². The van der Waals surface area contributed by atoms with Crippen molar-refractivity contribution in [3.05, 3.63) is 53.9 Å². The van der Waals surface area contributed by atoms with Crippen LogP contribution in [0.5, 0.6) is 0 Å². The van der Waals surface area contributed by atoms with Crippen LogP contribution in [0.1, 0.15) is 43.0 Å². The van der Waals surface area contributed by atoms with Crippen LogP contribution in [0, 0.1) is 6.92 Å². The molecule has 2 atom stereocenters. The van der Waals surface area contributed by atoms with E-state index in [0.29, 0.717) is 0 Å². The number of nitrogens with one attached hydrogen (secondary N) is 1. The largest absolute Gasteiger partial charge is 0.301 e. The Labute approximate surface area is 108 Å². The molecule has 0 amide bonds. The third kappa shape index (κ3) is 2.90. The van der Waals surface area contributed by atoms with Crippen molar-refractivity contribution in [1.82, 2.24) is 20.3 Å². The van der Waals surface area contributed by atoms with Crippen molar-refractivity contribution in [1.29, 1.82) is 0 Å². The van der Waals surface area contributed by atoms with E-state index in [9.17, 15) is 0 Å². The lowest BCUT2D eigenvalue weighted by Gasteiger charge is -2.20. The highest BCUT2D eigenvalue weighted by Crippen LogP contribution is 2.17. The fraction of sp³-hybridized carbons (Fsp3) is 0.357. The Bertz CT molecular complexity index is 498. The van der Waals surface area contributed by atoms with E-state index in [4.69, 9.17) is 0 Å². The van der Waals surface area contributed by atoms with Crippen LogP contribution in [0.15, 0.2) is 36.8 Å². The van der Waals surface area contributed by atoms with E-state index in [-0.39, 0.29) is 12.1 Å². The molecule has 2 heterocycles. The summed E-state index contributed by atoms with van der Waals surface area (Å²) < 4.78 is 0. The van der Waals surface area contributed by atoms with Crippen LogP contribution in [-0.2, 0) is 0 Å². The molecular formula is C14H18N4. The number of nitrogens with zero attached hydrogens (tertiary/aromatic N) is 3. The minimum absolute atomic E-state index is 0.149. The average molecular weight is 242 g/mol. The van der Waals surface area contributed by atoms with E-state index >= 15 is 0 Å². The quantitative estimate of drug-likeness (QED) is 0.895. The molecule has 18 heavy (non-hydrogen) atoms. The summed E-state index contributed by atoms with van der Waals surface area (Å²) in [5, 5.41) is 3.49. The van der Waals surface area contributed by atoms with Gasteiger partial charge in [-0.2, -0.15) is 0 Å². The van der Waals surface area contributed by atoms with Crippen LogP contribution in [0.25, 0.3) is 0 Å². The zero-order valence-electron chi connectivity index (χ0n) is 11.0. The van der Waals surface area contributed by atoms with Gasteiger partial charge in [0.25, 0.3) is 0 Å². The summed E-state index contributed by atoms with van der Waals surface area (Å²) in [7, 11) is 0. The van der Waals surface area contributed by atoms with E-state index in [1.807, 2.05) is 31.3 Å². The summed E-state index contributed by atoms with van der Waals surface area (Å²) >= 11 is 0. The maximum absolute atomic E-state index is 4.38. The molecule has 4 heteroatoms. The Balaban J connectivity index is 2.08. The minimum atomic E-state index is 0.149. The molecule has 94 valence electrons. The van der Waals surface area contributed by atoms with Gasteiger partial charge in [-0.05, 0) is 32.9 Å². The molecule has 2 aromatic rings. The van der Waals surface area contributed by atoms with Gasteiger partial charge < -0.3 is 5.32 Å². The zero-order valence-corrected chi connectivity index (χ0v) is 11.0. The fourth-order valence-corrected chi connectivity index (χ4v) is 2.01. The molecule has 0 bridgehead atoms. The highest BCUT2D eigenvalue weighted by Gasteiger charge is 2.14. The van der Waals surface area contributed by atoms with Crippen LogP contribution >= 0.6 is 0 Å². The number of hydrogen-bond donors (Lipinski definition) is 1. The lowest BCUT2D eigenvalue weighted by molar-refractivity contribution is 0.475. The smallest absolute Gasteiger partial charge is 0.0782 e. The summed E-state index contributed by atoms with van der Waals surface area (Å²) in [4.78, 5) is 13.0. The average Bonchev–Trinajstić information content (AvgIpc) is 2.40. The summed E-state index contributed by atoms with van der Waals surface area (Å²) in [6.45, 7) is 6.17. The number of pyridine rings is 1. The van der Waals surface area contributed by atoms with Crippen molar-refractivity contribution >= 4 is 0 Å². The van der Waals surface area contributed by atoms with Gasteiger partial charge in [-0.25, -0.2) is 0 Å². The normalized spacial score (nSPS) is 14.2. The molecule has 0 aliphatic heterocycles. The Morgan fingerprint density at radius 1 is 0.944 bits per heavy atom. The van der Waals surface area contributed by atoms with Crippen LogP contribution in [0.2, 0.25) is 0 Å². The predicted octanol–water partition coefficient (Wildman–Crippen LogP) is 2.59. The van der Waals surface area contributed by atoms with E-state index < -0.39 is 0 Å². The first-order valence-corrected chi connectivity index (χ1v) is 6.13. The number of aromatic nitrogens is 3. The minimum Gasteiger partial charge on any atom is -0.301 e. The molecule has 0 aliphatic carbocycles. The second-order valence-corrected chi connectivity index (χ2v) is 4.39. The van der Waals surface area contributed by atoms with E-state index in [1.165, 1.54) is 0 Å². The molecule has 0 aromatic carbocycles. The maximum Gasteiger partial charge on any atom is 0.0782 e. The van der Waals surface area contributed by atoms with Crippen LogP contribution in [0.4, 0.5) is 0 Å². The van der Waals surface area contributed by atoms with Gasteiger partial charge in [0.05, 0.1) is 17.1 Å². The lowest BCUT2D eigenvalue weighted by Crippen LogP contribution is -2.24.